The molecule has 36 heavy (non-hydrogen) atoms. The smallest absolute Gasteiger partial charge is 0.416 e. The van der Waals surface area contributed by atoms with Crippen LogP contribution < -0.4 is 15.9 Å². The summed E-state index contributed by atoms with van der Waals surface area (Å²) in [5.41, 5.74) is 0.289. The molecule has 1 aliphatic rings. The largest absolute Gasteiger partial charge is 0.465 e. The van der Waals surface area contributed by atoms with E-state index in [1.165, 1.54) is 16.8 Å². The summed E-state index contributed by atoms with van der Waals surface area (Å²) in [7, 11) is 0. The van der Waals surface area contributed by atoms with Gasteiger partial charge < -0.3 is 15.4 Å². The van der Waals surface area contributed by atoms with Crippen LogP contribution in [0.25, 0.3) is 10.9 Å². The van der Waals surface area contributed by atoms with Gasteiger partial charge in [0.15, 0.2) is 0 Å². The number of aromatic nitrogens is 2. The third-order valence-electron chi connectivity index (χ3n) is 6.06. The van der Waals surface area contributed by atoms with Gasteiger partial charge in [0.25, 0.3) is 5.56 Å². The van der Waals surface area contributed by atoms with Crippen LogP contribution in [0.15, 0.2) is 47.3 Å². The molecule has 0 unspecified atom stereocenters. The summed E-state index contributed by atoms with van der Waals surface area (Å²) >= 11 is 6.31. The van der Waals surface area contributed by atoms with E-state index in [1.54, 1.807) is 18.2 Å². The lowest BCUT2D eigenvalue weighted by Gasteiger charge is -2.37. The van der Waals surface area contributed by atoms with Gasteiger partial charge in [0.1, 0.15) is 5.82 Å². The Hall–Kier alpha value is -3.31. The van der Waals surface area contributed by atoms with E-state index in [2.05, 4.69) is 15.2 Å². The number of halogens is 4. The number of hydrogen-bond donors (Lipinski definition) is 2. The average molecular weight is 524 g/mol. The number of alkyl halides is 3. The van der Waals surface area contributed by atoms with Crippen LogP contribution in [0.4, 0.5) is 18.0 Å². The van der Waals surface area contributed by atoms with Gasteiger partial charge in [-0.2, -0.15) is 13.2 Å². The molecule has 0 saturated carbocycles. The van der Waals surface area contributed by atoms with Crippen molar-refractivity contribution >= 4 is 28.6 Å². The highest BCUT2D eigenvalue weighted by Crippen LogP contribution is 2.29. The van der Waals surface area contributed by atoms with Gasteiger partial charge in [0.05, 0.1) is 21.5 Å². The Morgan fingerprint density at radius 1 is 1.08 bits per heavy atom. The zero-order valence-corrected chi connectivity index (χ0v) is 20.0. The SMILES string of the molecule is O=C(O)NCCCc1nc2cccc(Cl)c2c(=O)n1N1CCN(Cc2ccc(C(F)(F)F)cc2)CC1. The molecule has 0 spiro atoms. The second-order valence-corrected chi connectivity index (χ2v) is 8.95. The molecule has 2 heterocycles. The van der Waals surface area contributed by atoms with Crippen molar-refractivity contribution in [2.45, 2.75) is 25.6 Å². The molecule has 192 valence electrons. The fraction of sp³-hybridized carbons (Fsp3) is 0.375. The fourth-order valence-electron chi connectivity index (χ4n) is 4.28. The van der Waals surface area contributed by atoms with Crippen molar-refractivity contribution in [3.8, 4) is 0 Å². The average Bonchev–Trinajstić information content (AvgIpc) is 2.82. The summed E-state index contributed by atoms with van der Waals surface area (Å²) in [5, 5.41) is 13.6. The van der Waals surface area contributed by atoms with Crippen LogP contribution in [-0.4, -0.2) is 58.5 Å². The maximum Gasteiger partial charge on any atom is 0.416 e. The van der Waals surface area contributed by atoms with Crippen LogP contribution in [0.1, 0.15) is 23.4 Å². The van der Waals surface area contributed by atoms with Crippen molar-refractivity contribution in [2.24, 2.45) is 0 Å². The van der Waals surface area contributed by atoms with Gasteiger partial charge in [-0.3, -0.25) is 9.69 Å². The van der Waals surface area contributed by atoms with E-state index in [4.69, 9.17) is 16.7 Å². The number of carboxylic acid groups (broad SMARTS) is 1. The molecular formula is C24H25ClF3N5O3. The van der Waals surface area contributed by atoms with Crippen LogP contribution in [0.3, 0.4) is 0 Å². The number of aryl methyl sites for hydroxylation is 1. The maximum atomic E-state index is 13.5. The monoisotopic (exact) mass is 523 g/mol. The van der Waals surface area contributed by atoms with Crippen LogP contribution in [0, 0.1) is 0 Å². The number of benzene rings is 2. The van der Waals surface area contributed by atoms with Gasteiger partial charge >= 0.3 is 12.3 Å². The number of carbonyl (C=O) groups is 1. The second-order valence-electron chi connectivity index (χ2n) is 8.54. The number of fused-ring (bicyclic) bond motifs is 1. The Balaban J connectivity index is 1.50. The zero-order chi connectivity index (χ0) is 25.9. The summed E-state index contributed by atoms with van der Waals surface area (Å²) < 4.78 is 40.0. The van der Waals surface area contributed by atoms with E-state index in [0.29, 0.717) is 67.3 Å². The quantitative estimate of drug-likeness (QED) is 0.459. The van der Waals surface area contributed by atoms with Crippen molar-refractivity contribution in [1.29, 1.82) is 0 Å². The Labute approximate surface area is 209 Å². The summed E-state index contributed by atoms with van der Waals surface area (Å²) in [6.07, 6.45) is -4.65. The van der Waals surface area contributed by atoms with E-state index in [0.717, 1.165) is 17.7 Å². The fourth-order valence-corrected chi connectivity index (χ4v) is 4.53. The van der Waals surface area contributed by atoms with Crippen molar-refractivity contribution < 1.29 is 23.1 Å². The summed E-state index contributed by atoms with van der Waals surface area (Å²) in [6, 6.07) is 10.2. The normalized spacial score (nSPS) is 14.8. The molecule has 0 radical (unpaired) electrons. The highest BCUT2D eigenvalue weighted by atomic mass is 35.5. The van der Waals surface area contributed by atoms with Gasteiger partial charge in [0.2, 0.25) is 0 Å². The predicted octanol–water partition coefficient (Wildman–Crippen LogP) is 3.72. The number of hydrogen-bond acceptors (Lipinski definition) is 5. The zero-order valence-electron chi connectivity index (χ0n) is 19.3. The molecular weight excluding hydrogens is 499 g/mol. The molecule has 4 rings (SSSR count). The molecule has 1 saturated heterocycles. The maximum absolute atomic E-state index is 13.5. The first-order valence-electron chi connectivity index (χ1n) is 11.4. The molecule has 2 N–H and O–H groups in total. The van der Waals surface area contributed by atoms with Crippen LogP contribution in [0.5, 0.6) is 0 Å². The van der Waals surface area contributed by atoms with E-state index in [-0.39, 0.29) is 12.1 Å². The van der Waals surface area contributed by atoms with Crippen LogP contribution >= 0.6 is 11.6 Å². The number of amides is 1. The molecule has 2 aromatic carbocycles. The lowest BCUT2D eigenvalue weighted by molar-refractivity contribution is -0.137. The minimum atomic E-state index is -4.37. The number of nitrogens with zero attached hydrogens (tertiary/aromatic N) is 4. The third-order valence-corrected chi connectivity index (χ3v) is 6.38. The summed E-state index contributed by atoms with van der Waals surface area (Å²) in [6.45, 7) is 2.90. The van der Waals surface area contributed by atoms with Crippen LogP contribution in [0.2, 0.25) is 5.02 Å². The molecule has 8 nitrogen and oxygen atoms in total. The Bertz CT molecular complexity index is 1290. The summed E-state index contributed by atoms with van der Waals surface area (Å²) in [5.74, 6) is 0.512. The Morgan fingerprint density at radius 2 is 1.78 bits per heavy atom. The topological polar surface area (TPSA) is 90.7 Å². The molecule has 0 aliphatic carbocycles. The first-order valence-corrected chi connectivity index (χ1v) is 11.8. The van der Waals surface area contributed by atoms with Gasteiger partial charge in [0, 0.05) is 45.7 Å². The predicted molar refractivity (Wildman–Crippen MR) is 130 cm³/mol. The second kappa shape index (κ2) is 10.8. The van der Waals surface area contributed by atoms with Crippen molar-refractivity contribution in [3.63, 3.8) is 0 Å². The number of rotatable bonds is 7. The molecule has 1 aliphatic heterocycles. The summed E-state index contributed by atoms with van der Waals surface area (Å²) in [4.78, 5) is 31.0. The van der Waals surface area contributed by atoms with Crippen molar-refractivity contribution in [2.75, 3.05) is 37.7 Å². The Kier molecular flexibility index (Phi) is 7.70. The lowest BCUT2D eigenvalue weighted by Crippen LogP contribution is -2.54. The van der Waals surface area contributed by atoms with E-state index in [1.807, 2.05) is 5.01 Å². The van der Waals surface area contributed by atoms with Gasteiger partial charge in [-0.1, -0.05) is 29.8 Å². The number of piperazine rings is 1. The minimum Gasteiger partial charge on any atom is -0.465 e. The highest BCUT2D eigenvalue weighted by Gasteiger charge is 2.30. The Morgan fingerprint density at radius 3 is 2.42 bits per heavy atom. The highest BCUT2D eigenvalue weighted by molar-refractivity contribution is 6.35. The molecule has 0 bridgehead atoms. The van der Waals surface area contributed by atoms with Crippen LogP contribution in [-0.2, 0) is 19.1 Å². The van der Waals surface area contributed by atoms with Gasteiger partial charge in [-0.05, 0) is 36.2 Å². The van der Waals surface area contributed by atoms with E-state index in [9.17, 15) is 22.8 Å². The molecule has 1 amide bonds. The standard InChI is InChI=1S/C24H25ClF3N5O3/c25-18-3-1-4-19-21(18)22(34)33(20(30-19)5-2-10-29-23(35)36)32-13-11-31(12-14-32)15-16-6-8-17(9-7-16)24(26,27)28/h1,3-4,6-9,29H,2,5,10-15H2,(H,35,36). The number of nitrogens with one attached hydrogen (secondary N) is 1. The van der Waals surface area contributed by atoms with Gasteiger partial charge in [-0.25, -0.2) is 14.5 Å². The van der Waals surface area contributed by atoms with Gasteiger partial charge in [-0.15, -0.1) is 0 Å². The first kappa shape index (κ1) is 25.8. The van der Waals surface area contributed by atoms with Crippen molar-refractivity contribution in [3.05, 3.63) is 74.8 Å². The van der Waals surface area contributed by atoms with E-state index < -0.39 is 17.8 Å². The van der Waals surface area contributed by atoms with Crippen molar-refractivity contribution in [1.82, 2.24) is 19.9 Å². The molecule has 12 heteroatoms. The molecule has 0 atom stereocenters. The molecule has 1 aromatic heterocycles. The first-order chi connectivity index (χ1) is 17.1. The third kappa shape index (κ3) is 5.90. The lowest BCUT2D eigenvalue weighted by atomic mass is 10.1. The molecule has 3 aromatic rings. The molecule has 1 fully saturated rings. The van der Waals surface area contributed by atoms with E-state index >= 15 is 0 Å². The minimum absolute atomic E-state index is 0.222.